The maximum atomic E-state index is 13.1. The minimum Gasteiger partial charge on any atom is -0.490 e. The van der Waals surface area contributed by atoms with E-state index in [2.05, 4.69) is 4.98 Å². The van der Waals surface area contributed by atoms with E-state index in [9.17, 15) is 4.79 Å². The normalized spacial score (nSPS) is 12.0. The minimum absolute atomic E-state index is 0.0717. The molecule has 5 nitrogen and oxygen atoms in total. The SMILES string of the molecule is Cc1ccc(OCCOc2ccc(Cl)c(C)c2)c(/C=c2\sc3nc4ccccc4n3c2=O)c1. The van der Waals surface area contributed by atoms with Crippen LogP contribution < -0.4 is 19.6 Å². The second-order valence-electron chi connectivity index (χ2n) is 7.78. The fourth-order valence-corrected chi connectivity index (χ4v) is 4.78. The van der Waals surface area contributed by atoms with Gasteiger partial charge in [0.05, 0.1) is 15.6 Å². The van der Waals surface area contributed by atoms with Crippen molar-refractivity contribution in [1.82, 2.24) is 9.38 Å². The Labute approximate surface area is 199 Å². The average Bonchev–Trinajstić information content (AvgIpc) is 3.31. The standard InChI is InChI=1S/C26H21ClN2O3S/c1-16-7-10-23(32-12-11-31-19-8-9-20(27)17(2)14-19)18(13-16)15-24-25(30)29-22-6-4-3-5-21(22)28-26(29)33-24/h3-10,13-15H,11-12H2,1-2H3/b24-15-. The Kier molecular flexibility index (Phi) is 5.79. The van der Waals surface area contributed by atoms with Crippen LogP contribution in [0.15, 0.2) is 65.5 Å². The molecule has 0 bridgehead atoms. The number of benzene rings is 3. The van der Waals surface area contributed by atoms with Crippen LogP contribution in [-0.4, -0.2) is 22.6 Å². The number of halogens is 1. The molecular weight excluding hydrogens is 456 g/mol. The van der Waals surface area contributed by atoms with E-state index in [4.69, 9.17) is 21.1 Å². The molecule has 0 aliphatic carbocycles. The average molecular weight is 477 g/mol. The quantitative estimate of drug-likeness (QED) is 0.317. The van der Waals surface area contributed by atoms with Gasteiger partial charge in [0.2, 0.25) is 0 Å². The smallest absolute Gasteiger partial charge is 0.274 e. The predicted octanol–water partition coefficient (Wildman–Crippen LogP) is 5.18. The molecule has 0 aliphatic rings. The molecular formula is C26H21ClN2O3S. The largest absolute Gasteiger partial charge is 0.490 e. The summed E-state index contributed by atoms with van der Waals surface area (Å²) in [5.41, 5.74) is 4.47. The minimum atomic E-state index is -0.0717. The first-order valence-corrected chi connectivity index (χ1v) is 11.7. The van der Waals surface area contributed by atoms with Crippen LogP contribution in [0.5, 0.6) is 11.5 Å². The third kappa shape index (κ3) is 4.32. The number of hydrogen-bond acceptors (Lipinski definition) is 5. The molecule has 0 fully saturated rings. The summed E-state index contributed by atoms with van der Waals surface area (Å²) < 4.78 is 14.1. The van der Waals surface area contributed by atoms with Gasteiger partial charge in [-0.05, 0) is 68.0 Å². The molecule has 0 saturated heterocycles. The molecule has 5 rings (SSSR count). The van der Waals surface area contributed by atoms with Crippen molar-refractivity contribution in [3.05, 3.63) is 97.3 Å². The van der Waals surface area contributed by atoms with Crippen molar-refractivity contribution < 1.29 is 9.47 Å². The molecule has 33 heavy (non-hydrogen) atoms. The van der Waals surface area contributed by atoms with Crippen LogP contribution in [0.4, 0.5) is 0 Å². The maximum absolute atomic E-state index is 13.1. The molecule has 166 valence electrons. The highest BCUT2D eigenvalue weighted by Crippen LogP contribution is 2.23. The van der Waals surface area contributed by atoms with Crippen LogP contribution in [0.1, 0.15) is 16.7 Å². The van der Waals surface area contributed by atoms with Gasteiger partial charge in [-0.15, -0.1) is 0 Å². The molecule has 0 aliphatic heterocycles. The van der Waals surface area contributed by atoms with Crippen molar-refractivity contribution in [2.45, 2.75) is 13.8 Å². The zero-order valence-corrected chi connectivity index (χ0v) is 19.7. The molecule has 0 unspecified atom stereocenters. The molecule has 5 aromatic rings. The van der Waals surface area contributed by atoms with Crippen LogP contribution >= 0.6 is 22.9 Å². The van der Waals surface area contributed by atoms with E-state index in [0.717, 1.165) is 33.5 Å². The lowest BCUT2D eigenvalue weighted by Gasteiger charge is -2.11. The summed E-state index contributed by atoms with van der Waals surface area (Å²) in [5, 5.41) is 0.713. The fraction of sp³-hybridized carbons (Fsp3) is 0.154. The number of aromatic nitrogens is 2. The van der Waals surface area contributed by atoms with Crippen LogP contribution in [0, 0.1) is 13.8 Å². The Balaban J connectivity index is 1.39. The first-order chi connectivity index (χ1) is 16.0. The fourth-order valence-electron chi connectivity index (χ4n) is 3.68. The predicted molar refractivity (Wildman–Crippen MR) is 134 cm³/mol. The van der Waals surface area contributed by atoms with Gasteiger partial charge in [-0.25, -0.2) is 9.38 Å². The van der Waals surface area contributed by atoms with E-state index in [0.29, 0.717) is 33.5 Å². The van der Waals surface area contributed by atoms with Crippen LogP contribution in [0.2, 0.25) is 5.02 Å². The Morgan fingerprint density at radius 2 is 1.85 bits per heavy atom. The van der Waals surface area contributed by atoms with Crippen molar-refractivity contribution in [3.8, 4) is 11.5 Å². The molecule has 0 N–H and O–H groups in total. The zero-order chi connectivity index (χ0) is 22.9. The topological polar surface area (TPSA) is 52.8 Å². The number of rotatable bonds is 6. The molecule has 0 amide bonds. The molecule has 0 saturated carbocycles. The molecule has 3 aromatic carbocycles. The first kappa shape index (κ1) is 21.5. The molecule has 2 aromatic heterocycles. The maximum Gasteiger partial charge on any atom is 0.274 e. The van der Waals surface area contributed by atoms with Gasteiger partial charge in [0.15, 0.2) is 4.96 Å². The molecule has 0 spiro atoms. The Hall–Kier alpha value is -3.35. The second kappa shape index (κ2) is 8.89. The summed E-state index contributed by atoms with van der Waals surface area (Å²) in [5.74, 6) is 1.45. The lowest BCUT2D eigenvalue weighted by Crippen LogP contribution is -2.22. The highest BCUT2D eigenvalue weighted by Gasteiger charge is 2.11. The van der Waals surface area contributed by atoms with E-state index in [1.54, 1.807) is 4.40 Å². The Bertz CT molecular complexity index is 1590. The third-order valence-corrected chi connectivity index (χ3v) is 6.73. The molecule has 0 atom stereocenters. The monoisotopic (exact) mass is 476 g/mol. The first-order valence-electron chi connectivity index (χ1n) is 10.5. The molecule has 2 heterocycles. The summed E-state index contributed by atoms with van der Waals surface area (Å²) in [7, 11) is 0. The number of ether oxygens (including phenoxy) is 2. The van der Waals surface area contributed by atoms with Crippen molar-refractivity contribution >= 4 is 45.0 Å². The number of thiazole rings is 1. The number of para-hydroxylation sites is 2. The van der Waals surface area contributed by atoms with Gasteiger partial charge in [0.1, 0.15) is 24.7 Å². The number of nitrogens with zero attached hydrogens (tertiary/aromatic N) is 2. The van der Waals surface area contributed by atoms with E-state index in [-0.39, 0.29) is 5.56 Å². The van der Waals surface area contributed by atoms with E-state index < -0.39 is 0 Å². The third-order valence-electron chi connectivity index (χ3n) is 5.34. The van der Waals surface area contributed by atoms with Gasteiger partial charge in [0.25, 0.3) is 5.56 Å². The summed E-state index contributed by atoms with van der Waals surface area (Å²) in [6, 6.07) is 19.2. The van der Waals surface area contributed by atoms with Gasteiger partial charge in [0, 0.05) is 10.6 Å². The van der Waals surface area contributed by atoms with Gasteiger partial charge in [-0.3, -0.25) is 4.79 Å². The number of fused-ring (bicyclic) bond motifs is 3. The second-order valence-corrected chi connectivity index (χ2v) is 9.20. The van der Waals surface area contributed by atoms with E-state index in [1.807, 2.05) is 80.6 Å². The summed E-state index contributed by atoms with van der Waals surface area (Å²) >= 11 is 7.45. The Morgan fingerprint density at radius 1 is 1.03 bits per heavy atom. The lowest BCUT2D eigenvalue weighted by atomic mass is 10.1. The molecule has 0 radical (unpaired) electrons. The lowest BCUT2D eigenvalue weighted by molar-refractivity contribution is 0.217. The number of imidazole rings is 1. The number of hydrogen-bond donors (Lipinski definition) is 0. The van der Waals surface area contributed by atoms with E-state index in [1.165, 1.54) is 11.3 Å². The van der Waals surface area contributed by atoms with Crippen molar-refractivity contribution in [2.24, 2.45) is 0 Å². The molecule has 7 heteroatoms. The van der Waals surface area contributed by atoms with Crippen molar-refractivity contribution in [3.63, 3.8) is 0 Å². The van der Waals surface area contributed by atoms with Crippen molar-refractivity contribution in [1.29, 1.82) is 0 Å². The highest BCUT2D eigenvalue weighted by atomic mass is 35.5. The van der Waals surface area contributed by atoms with Crippen molar-refractivity contribution in [2.75, 3.05) is 13.2 Å². The highest BCUT2D eigenvalue weighted by molar-refractivity contribution is 7.15. The van der Waals surface area contributed by atoms with Gasteiger partial charge < -0.3 is 9.47 Å². The summed E-state index contributed by atoms with van der Waals surface area (Å²) in [4.78, 5) is 18.4. The summed E-state index contributed by atoms with van der Waals surface area (Å²) in [6.45, 7) is 4.71. The number of aryl methyl sites for hydroxylation is 2. The van der Waals surface area contributed by atoms with Crippen LogP contribution in [0.3, 0.4) is 0 Å². The van der Waals surface area contributed by atoms with Gasteiger partial charge in [-0.1, -0.05) is 46.7 Å². The zero-order valence-electron chi connectivity index (χ0n) is 18.2. The van der Waals surface area contributed by atoms with E-state index >= 15 is 0 Å². The summed E-state index contributed by atoms with van der Waals surface area (Å²) in [6.07, 6.45) is 1.88. The van der Waals surface area contributed by atoms with Crippen LogP contribution in [0.25, 0.3) is 22.1 Å². The van der Waals surface area contributed by atoms with Gasteiger partial charge >= 0.3 is 0 Å². The van der Waals surface area contributed by atoms with Gasteiger partial charge in [-0.2, -0.15) is 0 Å². The van der Waals surface area contributed by atoms with Crippen LogP contribution in [-0.2, 0) is 0 Å². The Morgan fingerprint density at radius 3 is 2.70 bits per heavy atom.